The van der Waals surface area contributed by atoms with Crippen molar-refractivity contribution in [2.24, 2.45) is 5.84 Å². The second kappa shape index (κ2) is 7.19. The fraction of sp³-hybridized carbons (Fsp3) is 0.500. The summed E-state index contributed by atoms with van der Waals surface area (Å²) in [5.74, 6) is 5.57. The number of nitrogens with two attached hydrogens (primary N) is 1. The number of hydrogen-bond acceptors (Lipinski definition) is 2. The lowest BCUT2D eigenvalue weighted by Crippen LogP contribution is -2.27. The molecule has 0 radical (unpaired) electrons. The van der Waals surface area contributed by atoms with Crippen molar-refractivity contribution >= 4 is 22.6 Å². The minimum Gasteiger partial charge on any atom is -0.271 e. The summed E-state index contributed by atoms with van der Waals surface area (Å²) in [7, 11) is 0. The van der Waals surface area contributed by atoms with Crippen molar-refractivity contribution in [3.05, 3.63) is 33.4 Å². The maximum atomic E-state index is 5.57. The molecule has 0 aliphatic rings. The van der Waals surface area contributed by atoms with E-state index in [9.17, 15) is 0 Å². The monoisotopic (exact) mass is 318 g/mol. The van der Waals surface area contributed by atoms with Crippen molar-refractivity contribution in [2.75, 3.05) is 0 Å². The highest BCUT2D eigenvalue weighted by Gasteiger charge is 2.08. The third-order valence-electron chi connectivity index (χ3n) is 2.57. The number of hydrogen-bond donors (Lipinski definition) is 2. The van der Waals surface area contributed by atoms with Crippen molar-refractivity contribution in [1.82, 2.24) is 5.43 Å². The first-order valence-corrected chi connectivity index (χ1v) is 6.57. The van der Waals surface area contributed by atoms with E-state index in [-0.39, 0.29) is 0 Å². The molecule has 3 heteroatoms. The van der Waals surface area contributed by atoms with E-state index in [2.05, 4.69) is 59.2 Å². The molecular weight excluding hydrogens is 299 g/mol. The molecule has 0 aromatic heterocycles. The van der Waals surface area contributed by atoms with E-state index in [1.807, 2.05) is 0 Å². The Bertz CT molecular complexity index is 271. The molecular formula is C12H19IN2. The molecule has 0 amide bonds. The summed E-state index contributed by atoms with van der Waals surface area (Å²) in [4.78, 5) is 0. The van der Waals surface area contributed by atoms with E-state index >= 15 is 0 Å². The van der Waals surface area contributed by atoms with Crippen molar-refractivity contribution < 1.29 is 0 Å². The largest absolute Gasteiger partial charge is 0.271 e. The van der Waals surface area contributed by atoms with Crippen LogP contribution in [0.25, 0.3) is 0 Å². The normalized spacial score (nSPS) is 12.7. The highest BCUT2D eigenvalue weighted by atomic mass is 127. The van der Waals surface area contributed by atoms with Crippen LogP contribution in [-0.4, -0.2) is 0 Å². The summed E-state index contributed by atoms with van der Waals surface area (Å²) in [6.07, 6.45) is 4.88. The number of halogens is 1. The fourth-order valence-corrected chi connectivity index (χ4v) is 2.00. The predicted octanol–water partition coefficient (Wildman–Crippen LogP) is 3.38. The number of benzene rings is 1. The number of nitrogens with one attached hydrogen (secondary N) is 1. The Morgan fingerprint density at radius 3 is 2.47 bits per heavy atom. The second-order valence-electron chi connectivity index (χ2n) is 3.77. The van der Waals surface area contributed by atoms with Gasteiger partial charge in [-0.1, -0.05) is 38.3 Å². The lowest BCUT2D eigenvalue weighted by atomic mass is 10.0. The van der Waals surface area contributed by atoms with Crippen molar-refractivity contribution in [2.45, 2.75) is 38.6 Å². The molecule has 1 aromatic carbocycles. The molecule has 0 saturated heterocycles. The minimum atomic E-state index is 0.300. The van der Waals surface area contributed by atoms with E-state index in [4.69, 9.17) is 5.84 Å². The summed E-state index contributed by atoms with van der Waals surface area (Å²) in [5, 5.41) is 0. The predicted molar refractivity (Wildman–Crippen MR) is 73.4 cm³/mol. The Morgan fingerprint density at radius 1 is 1.27 bits per heavy atom. The molecule has 1 rings (SSSR count). The van der Waals surface area contributed by atoms with Gasteiger partial charge in [0.15, 0.2) is 0 Å². The maximum Gasteiger partial charge on any atom is 0.0460 e. The Labute approximate surface area is 106 Å². The van der Waals surface area contributed by atoms with Gasteiger partial charge in [-0.05, 0) is 46.7 Å². The molecule has 1 unspecified atom stereocenters. The molecule has 0 fully saturated rings. The van der Waals surface area contributed by atoms with Crippen LogP contribution < -0.4 is 11.3 Å². The number of rotatable bonds is 6. The molecule has 0 spiro atoms. The SMILES string of the molecule is CCCCCC(NN)c1ccc(I)cc1. The summed E-state index contributed by atoms with van der Waals surface area (Å²) in [6.45, 7) is 2.22. The summed E-state index contributed by atoms with van der Waals surface area (Å²) in [5.41, 5.74) is 4.18. The molecule has 1 aromatic rings. The zero-order valence-electron chi connectivity index (χ0n) is 9.17. The highest BCUT2D eigenvalue weighted by Crippen LogP contribution is 2.19. The van der Waals surface area contributed by atoms with Gasteiger partial charge in [0, 0.05) is 9.61 Å². The van der Waals surface area contributed by atoms with Gasteiger partial charge in [-0.25, -0.2) is 0 Å². The molecule has 0 heterocycles. The van der Waals surface area contributed by atoms with Crippen LogP contribution in [0.4, 0.5) is 0 Å². The van der Waals surface area contributed by atoms with Gasteiger partial charge in [0.05, 0.1) is 0 Å². The standard InChI is InChI=1S/C12H19IN2/c1-2-3-4-5-12(15-14)10-6-8-11(13)9-7-10/h6-9,12,15H,2-5,14H2,1H3. The Balaban J connectivity index is 2.53. The second-order valence-corrected chi connectivity index (χ2v) is 5.01. The van der Waals surface area contributed by atoms with Gasteiger partial charge in [0.2, 0.25) is 0 Å². The molecule has 1 atom stereocenters. The minimum absolute atomic E-state index is 0.300. The molecule has 3 N–H and O–H groups in total. The first-order valence-electron chi connectivity index (χ1n) is 5.49. The van der Waals surface area contributed by atoms with Crippen LogP contribution in [0.3, 0.4) is 0 Å². The van der Waals surface area contributed by atoms with Gasteiger partial charge >= 0.3 is 0 Å². The van der Waals surface area contributed by atoms with Crippen molar-refractivity contribution in [3.8, 4) is 0 Å². The highest BCUT2D eigenvalue weighted by molar-refractivity contribution is 14.1. The zero-order valence-corrected chi connectivity index (χ0v) is 11.3. The topological polar surface area (TPSA) is 38.0 Å². The number of unbranched alkanes of at least 4 members (excludes halogenated alkanes) is 2. The smallest absolute Gasteiger partial charge is 0.0460 e. The average Bonchev–Trinajstić information content (AvgIpc) is 2.26. The molecule has 0 bridgehead atoms. The van der Waals surface area contributed by atoms with E-state index < -0.39 is 0 Å². The van der Waals surface area contributed by atoms with Gasteiger partial charge < -0.3 is 0 Å². The lowest BCUT2D eigenvalue weighted by molar-refractivity contribution is 0.487. The fourth-order valence-electron chi connectivity index (χ4n) is 1.64. The van der Waals surface area contributed by atoms with Gasteiger partial charge in [0.1, 0.15) is 0 Å². The quantitative estimate of drug-likeness (QED) is 0.365. The zero-order chi connectivity index (χ0) is 11.1. The van der Waals surface area contributed by atoms with E-state index in [1.54, 1.807) is 0 Å². The Kier molecular flexibility index (Phi) is 6.20. The average molecular weight is 318 g/mol. The van der Waals surface area contributed by atoms with Crippen LogP contribution in [0.1, 0.15) is 44.2 Å². The van der Waals surface area contributed by atoms with Crippen LogP contribution >= 0.6 is 22.6 Å². The summed E-state index contributed by atoms with van der Waals surface area (Å²) < 4.78 is 1.26. The molecule has 0 saturated carbocycles. The molecule has 0 aliphatic heterocycles. The molecule has 0 aliphatic carbocycles. The van der Waals surface area contributed by atoms with Crippen molar-refractivity contribution in [3.63, 3.8) is 0 Å². The molecule has 15 heavy (non-hydrogen) atoms. The van der Waals surface area contributed by atoms with Gasteiger partial charge in [-0.3, -0.25) is 11.3 Å². The van der Waals surface area contributed by atoms with Crippen LogP contribution in [0.15, 0.2) is 24.3 Å². The third kappa shape index (κ3) is 4.49. The van der Waals surface area contributed by atoms with Crippen LogP contribution in [0.2, 0.25) is 0 Å². The first-order chi connectivity index (χ1) is 7.27. The summed E-state index contributed by atoms with van der Waals surface area (Å²) >= 11 is 2.32. The van der Waals surface area contributed by atoms with Crippen LogP contribution in [-0.2, 0) is 0 Å². The summed E-state index contributed by atoms with van der Waals surface area (Å²) in [6, 6.07) is 8.85. The van der Waals surface area contributed by atoms with Crippen molar-refractivity contribution in [1.29, 1.82) is 0 Å². The van der Waals surface area contributed by atoms with Crippen LogP contribution in [0.5, 0.6) is 0 Å². The molecule has 84 valence electrons. The van der Waals surface area contributed by atoms with E-state index in [0.717, 1.165) is 6.42 Å². The van der Waals surface area contributed by atoms with Gasteiger partial charge in [-0.2, -0.15) is 0 Å². The van der Waals surface area contributed by atoms with Crippen LogP contribution in [0, 0.1) is 3.57 Å². The van der Waals surface area contributed by atoms with E-state index in [1.165, 1.54) is 28.4 Å². The number of hydrazine groups is 1. The molecule has 2 nitrogen and oxygen atoms in total. The first kappa shape index (κ1) is 12.9. The maximum absolute atomic E-state index is 5.57. The lowest BCUT2D eigenvalue weighted by Gasteiger charge is -2.16. The third-order valence-corrected chi connectivity index (χ3v) is 3.29. The van der Waals surface area contributed by atoms with Gasteiger partial charge in [0.25, 0.3) is 0 Å². The Morgan fingerprint density at radius 2 is 1.93 bits per heavy atom. The Hall–Kier alpha value is -0.130. The van der Waals surface area contributed by atoms with E-state index in [0.29, 0.717) is 6.04 Å². The van der Waals surface area contributed by atoms with Gasteiger partial charge in [-0.15, -0.1) is 0 Å².